The van der Waals surface area contributed by atoms with Crippen molar-refractivity contribution in [2.24, 2.45) is 0 Å². The van der Waals surface area contributed by atoms with Crippen molar-refractivity contribution in [3.63, 3.8) is 0 Å². The van der Waals surface area contributed by atoms with Gasteiger partial charge in [0.15, 0.2) is 0 Å². The van der Waals surface area contributed by atoms with Crippen LogP contribution in [0.5, 0.6) is 5.75 Å². The molecule has 0 bridgehead atoms. The number of hydrogen-bond acceptors (Lipinski definition) is 2. The SMILES string of the molecule is [2H]C(O)(CC=C)c1ccccc1O. The Kier molecular flexibility index (Phi) is 2.41. The quantitative estimate of drug-likeness (QED) is 0.672. The maximum absolute atomic E-state index is 9.60. The summed E-state index contributed by atoms with van der Waals surface area (Å²) < 4.78 is 7.53. The van der Waals surface area contributed by atoms with Gasteiger partial charge in [-0.1, -0.05) is 24.3 Å². The van der Waals surface area contributed by atoms with Gasteiger partial charge < -0.3 is 10.2 Å². The minimum Gasteiger partial charge on any atom is -0.508 e. The van der Waals surface area contributed by atoms with Crippen molar-refractivity contribution >= 4 is 0 Å². The predicted octanol–water partition coefficient (Wildman–Crippen LogP) is 2.00. The topological polar surface area (TPSA) is 40.5 Å². The third-order valence-corrected chi connectivity index (χ3v) is 1.55. The lowest BCUT2D eigenvalue weighted by atomic mass is 10.1. The van der Waals surface area contributed by atoms with Crippen molar-refractivity contribution in [3.05, 3.63) is 42.5 Å². The third-order valence-electron chi connectivity index (χ3n) is 1.55. The van der Waals surface area contributed by atoms with E-state index in [1.165, 1.54) is 18.2 Å². The number of rotatable bonds is 3. The van der Waals surface area contributed by atoms with Gasteiger partial charge in [-0.25, -0.2) is 0 Å². The molecular weight excluding hydrogens is 152 g/mol. The molecule has 1 rings (SSSR count). The Morgan fingerprint density at radius 2 is 2.25 bits per heavy atom. The van der Waals surface area contributed by atoms with E-state index in [1.807, 2.05) is 0 Å². The van der Waals surface area contributed by atoms with Gasteiger partial charge in [-0.3, -0.25) is 0 Å². The Bertz CT molecular complexity index is 308. The predicted molar refractivity (Wildman–Crippen MR) is 47.9 cm³/mol. The van der Waals surface area contributed by atoms with Crippen LogP contribution in [0.25, 0.3) is 0 Å². The number of aromatic hydroxyl groups is 1. The van der Waals surface area contributed by atoms with Crippen LogP contribution >= 0.6 is 0 Å². The molecule has 0 fully saturated rings. The molecule has 2 heteroatoms. The number of aliphatic hydroxyl groups is 1. The average molecular weight is 165 g/mol. The second kappa shape index (κ2) is 3.93. The van der Waals surface area contributed by atoms with Crippen molar-refractivity contribution < 1.29 is 11.6 Å². The van der Waals surface area contributed by atoms with Crippen LogP contribution < -0.4 is 0 Å². The first-order chi connectivity index (χ1) is 6.08. The van der Waals surface area contributed by atoms with Crippen LogP contribution in [-0.4, -0.2) is 10.2 Å². The van der Waals surface area contributed by atoms with Gasteiger partial charge in [-0.2, -0.15) is 0 Å². The first-order valence-electron chi connectivity index (χ1n) is 4.19. The number of benzene rings is 1. The van der Waals surface area contributed by atoms with Crippen LogP contribution in [0, 0.1) is 0 Å². The molecular formula is C10H12O2. The molecule has 0 aliphatic heterocycles. The van der Waals surface area contributed by atoms with E-state index >= 15 is 0 Å². The fourth-order valence-electron chi connectivity index (χ4n) is 0.964. The van der Waals surface area contributed by atoms with Gasteiger partial charge in [0.25, 0.3) is 0 Å². The molecule has 0 aliphatic rings. The Morgan fingerprint density at radius 1 is 1.58 bits per heavy atom. The minimum atomic E-state index is -1.78. The molecule has 2 nitrogen and oxygen atoms in total. The van der Waals surface area contributed by atoms with Gasteiger partial charge in [-0.15, -0.1) is 6.58 Å². The third kappa shape index (κ3) is 1.86. The fraction of sp³-hybridized carbons (Fsp3) is 0.200. The van der Waals surface area contributed by atoms with E-state index < -0.39 is 6.08 Å². The zero-order chi connectivity index (χ0) is 9.90. The first kappa shape index (κ1) is 7.37. The van der Waals surface area contributed by atoms with Gasteiger partial charge in [0, 0.05) is 5.56 Å². The molecule has 0 spiro atoms. The van der Waals surface area contributed by atoms with E-state index in [-0.39, 0.29) is 17.7 Å². The molecule has 0 radical (unpaired) electrons. The number of phenolic OH excluding ortho intramolecular Hbond substituents is 1. The highest BCUT2D eigenvalue weighted by molar-refractivity contribution is 5.33. The molecule has 0 saturated carbocycles. The lowest BCUT2D eigenvalue weighted by Gasteiger charge is -2.09. The molecule has 0 aromatic heterocycles. The first-order valence-corrected chi connectivity index (χ1v) is 3.69. The molecule has 1 atom stereocenters. The summed E-state index contributed by atoms with van der Waals surface area (Å²) in [7, 11) is 0. The normalized spacial score (nSPS) is 16.2. The molecule has 1 aromatic carbocycles. The van der Waals surface area contributed by atoms with Crippen molar-refractivity contribution in [1.82, 2.24) is 0 Å². The smallest absolute Gasteiger partial charge is 0.121 e. The largest absolute Gasteiger partial charge is 0.508 e. The van der Waals surface area contributed by atoms with Crippen LogP contribution in [0.4, 0.5) is 0 Å². The second-order valence-electron chi connectivity index (χ2n) is 2.46. The lowest BCUT2D eigenvalue weighted by Crippen LogP contribution is -1.95. The van der Waals surface area contributed by atoms with Crippen LogP contribution in [0.15, 0.2) is 36.9 Å². The lowest BCUT2D eigenvalue weighted by molar-refractivity contribution is 0.177. The Labute approximate surface area is 73.2 Å². The summed E-state index contributed by atoms with van der Waals surface area (Å²) >= 11 is 0. The van der Waals surface area contributed by atoms with E-state index in [0.29, 0.717) is 0 Å². The summed E-state index contributed by atoms with van der Waals surface area (Å²) in [6.07, 6.45) is -0.253. The molecule has 0 saturated heterocycles. The highest BCUT2D eigenvalue weighted by Gasteiger charge is 2.08. The summed E-state index contributed by atoms with van der Waals surface area (Å²) in [5, 5.41) is 19.0. The number of phenols is 1. The van der Waals surface area contributed by atoms with Crippen molar-refractivity contribution in [2.45, 2.75) is 12.5 Å². The van der Waals surface area contributed by atoms with E-state index in [1.54, 1.807) is 12.1 Å². The molecule has 0 aliphatic carbocycles. The van der Waals surface area contributed by atoms with Crippen LogP contribution in [0.3, 0.4) is 0 Å². The number of para-hydroxylation sites is 1. The summed E-state index contributed by atoms with van der Waals surface area (Å²) in [5.74, 6) is -0.0677. The van der Waals surface area contributed by atoms with E-state index in [9.17, 15) is 10.2 Å². The molecule has 1 unspecified atom stereocenters. The minimum absolute atomic E-state index is 0.0677. The summed E-state index contributed by atoms with van der Waals surface area (Å²) in [6.45, 7) is 3.44. The molecule has 0 amide bonds. The Hall–Kier alpha value is -1.28. The molecule has 12 heavy (non-hydrogen) atoms. The standard InChI is InChI=1S/C10H12O2/c1-2-5-9(11)8-6-3-4-7-10(8)12/h2-4,6-7,9,11-12H,1,5H2/i9D. The zero-order valence-corrected chi connectivity index (χ0v) is 6.70. The Morgan fingerprint density at radius 3 is 2.83 bits per heavy atom. The highest BCUT2D eigenvalue weighted by atomic mass is 16.3. The molecule has 64 valence electrons. The van der Waals surface area contributed by atoms with Crippen molar-refractivity contribution in [2.75, 3.05) is 0 Å². The molecule has 2 N–H and O–H groups in total. The van der Waals surface area contributed by atoms with E-state index in [2.05, 4.69) is 6.58 Å². The van der Waals surface area contributed by atoms with Gasteiger partial charge >= 0.3 is 0 Å². The molecule has 0 heterocycles. The second-order valence-corrected chi connectivity index (χ2v) is 2.46. The zero-order valence-electron chi connectivity index (χ0n) is 7.70. The summed E-state index contributed by atoms with van der Waals surface area (Å²) in [6, 6.07) is 6.27. The average Bonchev–Trinajstić information content (AvgIpc) is 2.04. The van der Waals surface area contributed by atoms with Crippen molar-refractivity contribution in [3.8, 4) is 5.75 Å². The van der Waals surface area contributed by atoms with E-state index in [4.69, 9.17) is 1.37 Å². The Balaban J connectivity index is 3.06. The van der Waals surface area contributed by atoms with Gasteiger partial charge in [-0.05, 0) is 12.5 Å². The maximum atomic E-state index is 9.60. The summed E-state index contributed by atoms with van der Waals surface area (Å²) in [4.78, 5) is 0. The monoisotopic (exact) mass is 165 g/mol. The van der Waals surface area contributed by atoms with Crippen LogP contribution in [0.1, 0.15) is 19.4 Å². The molecule has 1 aromatic rings. The van der Waals surface area contributed by atoms with Gasteiger partial charge in [0.1, 0.15) is 5.75 Å². The fourth-order valence-corrected chi connectivity index (χ4v) is 0.964. The highest BCUT2D eigenvalue weighted by Crippen LogP contribution is 2.25. The number of hydrogen-bond donors (Lipinski definition) is 2. The van der Waals surface area contributed by atoms with Gasteiger partial charge in [0.2, 0.25) is 0 Å². The van der Waals surface area contributed by atoms with Crippen LogP contribution in [-0.2, 0) is 0 Å². The van der Waals surface area contributed by atoms with Crippen LogP contribution in [0.2, 0.25) is 0 Å². The van der Waals surface area contributed by atoms with E-state index in [0.717, 1.165) is 0 Å². The summed E-state index contributed by atoms with van der Waals surface area (Å²) in [5.41, 5.74) is 0.204. The van der Waals surface area contributed by atoms with Crippen molar-refractivity contribution in [1.29, 1.82) is 0 Å². The van der Waals surface area contributed by atoms with Gasteiger partial charge in [0.05, 0.1) is 7.45 Å². The maximum Gasteiger partial charge on any atom is 0.121 e.